The maximum atomic E-state index is 11.9. The monoisotopic (exact) mass is 242 g/mol. The van der Waals surface area contributed by atoms with Crippen molar-refractivity contribution < 1.29 is 9.53 Å². The molecule has 0 N–H and O–H groups in total. The van der Waals surface area contributed by atoms with Gasteiger partial charge in [0.25, 0.3) is 12.6 Å². The summed E-state index contributed by atoms with van der Waals surface area (Å²) in [5.41, 5.74) is 0. The van der Waals surface area contributed by atoms with E-state index in [1.54, 1.807) is 4.90 Å². The molecule has 92 valence electrons. The molecule has 0 saturated carbocycles. The normalized spacial score (nSPS) is 15.1. The Morgan fingerprint density at radius 2 is 2.00 bits per heavy atom. The van der Waals surface area contributed by atoms with Crippen molar-refractivity contribution in [2.75, 3.05) is 19.7 Å². The molecule has 1 aliphatic heterocycles. The summed E-state index contributed by atoms with van der Waals surface area (Å²) in [4.78, 5) is 13.7. The Bertz CT molecular complexity index is 436. The quantitative estimate of drug-likeness (QED) is 0.754. The minimum Gasteiger partial charge on any atom is -0.484 e. The minimum absolute atomic E-state index is 0.00440. The van der Waals surface area contributed by atoms with Gasteiger partial charge in [-0.15, -0.1) is 0 Å². The number of carbonyl (C=O) groups excluding carboxylic acids is 1. The number of ether oxygens (including phenoxy) is 1. The molecule has 2 rings (SSSR count). The molecule has 1 aromatic rings. The van der Waals surface area contributed by atoms with Crippen molar-refractivity contribution in [3.63, 3.8) is 0 Å². The van der Waals surface area contributed by atoms with Gasteiger partial charge in [0.15, 0.2) is 6.61 Å². The standard InChI is InChI=1S/C13H15BN2O2/c15-11-14-6-8-16(9-7-14)13(17)10-18-12-4-2-1-3-5-12/h1-5H,6-10H2. The Hall–Kier alpha value is -1.96. The molecule has 1 aromatic carbocycles. The molecule has 0 unspecified atom stereocenters. The second-order valence-electron chi connectivity index (χ2n) is 4.39. The van der Waals surface area contributed by atoms with E-state index in [1.807, 2.05) is 30.3 Å². The smallest absolute Gasteiger partial charge is 0.271 e. The zero-order chi connectivity index (χ0) is 12.8. The number of hydrogen-bond acceptors (Lipinski definition) is 3. The lowest BCUT2D eigenvalue weighted by molar-refractivity contribution is -0.133. The van der Waals surface area contributed by atoms with E-state index in [0.717, 1.165) is 12.6 Å². The van der Waals surface area contributed by atoms with Gasteiger partial charge in [-0.05, 0) is 24.8 Å². The first-order valence-electron chi connectivity index (χ1n) is 6.15. The summed E-state index contributed by atoms with van der Waals surface area (Å²) in [7, 11) is 0. The SMILES string of the molecule is N#CB1CCN(C(=O)COc2ccccc2)CC1. The van der Waals surface area contributed by atoms with Gasteiger partial charge in [-0.1, -0.05) is 18.2 Å². The van der Waals surface area contributed by atoms with Gasteiger partial charge >= 0.3 is 0 Å². The van der Waals surface area contributed by atoms with Gasteiger partial charge in [0.2, 0.25) is 0 Å². The molecule has 0 spiro atoms. The van der Waals surface area contributed by atoms with E-state index in [9.17, 15) is 4.79 Å². The maximum absolute atomic E-state index is 11.9. The van der Waals surface area contributed by atoms with E-state index in [1.165, 1.54) is 0 Å². The predicted octanol–water partition coefficient (Wildman–Crippen LogP) is 1.47. The van der Waals surface area contributed by atoms with Crippen LogP contribution < -0.4 is 4.74 Å². The van der Waals surface area contributed by atoms with Crippen LogP contribution in [0, 0.1) is 11.2 Å². The Labute approximate surface area is 107 Å². The summed E-state index contributed by atoms with van der Waals surface area (Å²) in [6, 6.07) is 9.31. The molecular formula is C13H15BN2O2. The maximum Gasteiger partial charge on any atom is 0.271 e. The molecule has 1 saturated heterocycles. The number of para-hydroxylation sites is 1. The summed E-state index contributed by atoms with van der Waals surface area (Å²) in [5, 5.41) is 8.79. The fourth-order valence-electron chi connectivity index (χ4n) is 2.01. The van der Waals surface area contributed by atoms with Gasteiger partial charge in [0.05, 0.1) is 0 Å². The Balaban J connectivity index is 1.78. The van der Waals surface area contributed by atoms with Crippen LogP contribution in [-0.2, 0) is 4.79 Å². The topological polar surface area (TPSA) is 53.3 Å². The van der Waals surface area contributed by atoms with E-state index in [4.69, 9.17) is 10.00 Å². The highest BCUT2D eigenvalue weighted by Crippen LogP contribution is 2.12. The van der Waals surface area contributed by atoms with Crippen molar-refractivity contribution in [2.45, 2.75) is 12.6 Å². The third-order valence-corrected chi connectivity index (χ3v) is 3.14. The highest BCUT2D eigenvalue weighted by atomic mass is 16.5. The molecule has 1 fully saturated rings. The van der Waals surface area contributed by atoms with Gasteiger partial charge in [0.1, 0.15) is 5.75 Å². The molecule has 5 heteroatoms. The number of rotatable bonds is 3. The van der Waals surface area contributed by atoms with Crippen molar-refractivity contribution in [1.29, 1.82) is 5.26 Å². The molecule has 0 radical (unpaired) electrons. The van der Waals surface area contributed by atoms with E-state index in [-0.39, 0.29) is 19.2 Å². The summed E-state index contributed by atoms with van der Waals surface area (Å²) in [5.74, 6) is 2.95. The van der Waals surface area contributed by atoms with Gasteiger partial charge in [-0.25, -0.2) is 5.26 Å². The van der Waals surface area contributed by atoms with Crippen LogP contribution in [0.25, 0.3) is 0 Å². The summed E-state index contributed by atoms with van der Waals surface area (Å²) >= 11 is 0. The van der Waals surface area contributed by atoms with Crippen LogP contribution in [0.2, 0.25) is 12.6 Å². The number of benzene rings is 1. The van der Waals surface area contributed by atoms with Crippen LogP contribution in [0.15, 0.2) is 30.3 Å². The first-order valence-corrected chi connectivity index (χ1v) is 6.15. The minimum atomic E-state index is -0.00440. The molecule has 1 aliphatic rings. The number of hydrogen-bond donors (Lipinski definition) is 0. The number of amides is 1. The average Bonchev–Trinajstić information content (AvgIpc) is 2.46. The third-order valence-electron chi connectivity index (χ3n) is 3.14. The molecule has 0 atom stereocenters. The van der Waals surface area contributed by atoms with E-state index in [2.05, 4.69) is 5.97 Å². The van der Waals surface area contributed by atoms with Crippen molar-refractivity contribution in [3.8, 4) is 11.7 Å². The fraction of sp³-hybridized carbons (Fsp3) is 0.385. The number of nitriles is 1. The van der Waals surface area contributed by atoms with Crippen molar-refractivity contribution in [1.82, 2.24) is 4.90 Å². The largest absolute Gasteiger partial charge is 0.484 e. The van der Waals surface area contributed by atoms with Crippen molar-refractivity contribution in [2.24, 2.45) is 0 Å². The molecule has 18 heavy (non-hydrogen) atoms. The van der Waals surface area contributed by atoms with Crippen LogP contribution in [0.5, 0.6) is 5.75 Å². The summed E-state index contributed by atoms with van der Waals surface area (Å²) in [6.45, 7) is 1.50. The highest BCUT2D eigenvalue weighted by molar-refractivity contribution is 6.67. The second-order valence-corrected chi connectivity index (χ2v) is 4.39. The Morgan fingerprint density at radius 1 is 1.33 bits per heavy atom. The lowest BCUT2D eigenvalue weighted by Crippen LogP contribution is -2.42. The molecular weight excluding hydrogens is 227 g/mol. The lowest BCUT2D eigenvalue weighted by atomic mass is 9.45. The van der Waals surface area contributed by atoms with Crippen molar-refractivity contribution in [3.05, 3.63) is 30.3 Å². The zero-order valence-electron chi connectivity index (χ0n) is 10.2. The van der Waals surface area contributed by atoms with Crippen molar-refractivity contribution >= 4 is 12.6 Å². The Morgan fingerprint density at radius 3 is 2.61 bits per heavy atom. The molecule has 0 aromatic heterocycles. The van der Waals surface area contributed by atoms with Crippen LogP contribution >= 0.6 is 0 Å². The first-order chi connectivity index (χ1) is 8.79. The zero-order valence-corrected chi connectivity index (χ0v) is 10.2. The third kappa shape index (κ3) is 3.27. The van der Waals surface area contributed by atoms with Crippen LogP contribution in [-0.4, -0.2) is 37.2 Å². The molecule has 0 bridgehead atoms. The van der Waals surface area contributed by atoms with Gasteiger partial charge in [-0.3, -0.25) is 4.79 Å². The van der Waals surface area contributed by atoms with E-state index < -0.39 is 0 Å². The van der Waals surface area contributed by atoms with Crippen LogP contribution in [0.1, 0.15) is 0 Å². The summed E-state index contributed by atoms with van der Waals surface area (Å²) in [6.07, 6.45) is 1.54. The summed E-state index contributed by atoms with van der Waals surface area (Å²) < 4.78 is 5.42. The molecule has 1 heterocycles. The van der Waals surface area contributed by atoms with Crippen LogP contribution in [0.4, 0.5) is 0 Å². The predicted molar refractivity (Wildman–Crippen MR) is 69.5 cm³/mol. The highest BCUT2D eigenvalue weighted by Gasteiger charge is 2.25. The van der Waals surface area contributed by atoms with Gasteiger partial charge < -0.3 is 9.64 Å². The number of carbonyl (C=O) groups is 1. The lowest BCUT2D eigenvalue weighted by Gasteiger charge is -2.27. The fourth-order valence-corrected chi connectivity index (χ4v) is 2.01. The molecule has 0 aliphatic carbocycles. The van der Waals surface area contributed by atoms with Gasteiger partial charge in [0, 0.05) is 19.1 Å². The second kappa shape index (κ2) is 6.11. The first kappa shape index (κ1) is 12.5. The van der Waals surface area contributed by atoms with E-state index >= 15 is 0 Å². The van der Waals surface area contributed by atoms with Crippen LogP contribution in [0.3, 0.4) is 0 Å². The average molecular weight is 242 g/mol. The van der Waals surface area contributed by atoms with Gasteiger partial charge in [-0.2, -0.15) is 0 Å². The molecule has 1 amide bonds. The Kier molecular flexibility index (Phi) is 4.24. The van der Waals surface area contributed by atoms with E-state index in [0.29, 0.717) is 18.8 Å². The molecule has 4 nitrogen and oxygen atoms in total. The number of nitrogens with zero attached hydrogens (tertiary/aromatic N) is 2.